The van der Waals surface area contributed by atoms with Crippen LogP contribution in [-0.2, 0) is 0 Å². The van der Waals surface area contributed by atoms with Crippen LogP contribution in [0.1, 0.15) is 48.0 Å². The summed E-state index contributed by atoms with van der Waals surface area (Å²) in [6.07, 6.45) is -0.162. The second kappa shape index (κ2) is 8.68. The van der Waals surface area contributed by atoms with Gasteiger partial charge in [0.1, 0.15) is 10.8 Å². The number of carbonyl (C=O) groups is 1. The molecule has 3 heterocycles. The van der Waals surface area contributed by atoms with Crippen LogP contribution >= 0.6 is 22.9 Å². The molecule has 1 amide bonds. The Bertz CT molecular complexity index is 1090. The molecule has 10 heteroatoms. The van der Waals surface area contributed by atoms with Crippen LogP contribution in [0.5, 0.6) is 5.75 Å². The van der Waals surface area contributed by atoms with Crippen LogP contribution in [-0.4, -0.2) is 62.1 Å². The van der Waals surface area contributed by atoms with E-state index in [1.165, 1.54) is 21.9 Å². The molecule has 0 saturated heterocycles. The summed E-state index contributed by atoms with van der Waals surface area (Å²) in [5, 5.41) is 25.0. The highest BCUT2D eigenvalue weighted by Crippen LogP contribution is 2.44. The summed E-state index contributed by atoms with van der Waals surface area (Å²) in [6.45, 7) is 13.4. The van der Waals surface area contributed by atoms with Crippen LogP contribution < -0.4 is 9.75 Å². The number of rotatable bonds is 4. The summed E-state index contributed by atoms with van der Waals surface area (Å²) in [7, 11) is 0. The van der Waals surface area contributed by atoms with E-state index in [1.54, 1.807) is 0 Å². The van der Waals surface area contributed by atoms with Gasteiger partial charge in [0.25, 0.3) is 0 Å². The van der Waals surface area contributed by atoms with E-state index < -0.39 is 6.09 Å². The summed E-state index contributed by atoms with van der Waals surface area (Å²) >= 11 is 7.93. The Kier molecular flexibility index (Phi) is 6.22. The monoisotopic (exact) mass is 491 g/mol. The Labute approximate surface area is 203 Å². The molecule has 0 fully saturated rings. The second-order valence-corrected chi connectivity index (χ2v) is 11.0. The quantitative estimate of drug-likeness (QED) is 0.604. The summed E-state index contributed by atoms with van der Waals surface area (Å²) in [4.78, 5) is 13.1. The minimum Gasteiger partial charge on any atom is -0.489 e. The number of hydrazine groups is 1. The molecule has 0 saturated carbocycles. The van der Waals surface area contributed by atoms with Gasteiger partial charge in [0.2, 0.25) is 5.13 Å². The number of aromatic nitrogens is 2. The zero-order valence-electron chi connectivity index (χ0n) is 19.8. The molecule has 1 unspecified atom stereocenters. The molecule has 33 heavy (non-hydrogen) atoms. The van der Waals surface area contributed by atoms with Gasteiger partial charge in [0, 0.05) is 30.8 Å². The van der Waals surface area contributed by atoms with E-state index in [-0.39, 0.29) is 17.7 Å². The summed E-state index contributed by atoms with van der Waals surface area (Å²) in [5.41, 5.74) is 2.97. The molecule has 1 N–H and O–H groups in total. The molecule has 1 aromatic heterocycles. The standard InChI is InChI=1S/C23H30ClN5O3S/c1-13(2)32-19-8-7-15(11-17(19)24)20-25-26-21(33-20)28-14(3)16-12-27(22(30)31)10-9-18(16)29(28)23(4,5)6/h7-8,11,13-14H,9-10,12H2,1-6H3,(H,30,31). The first-order valence-electron chi connectivity index (χ1n) is 11.1. The fraction of sp³-hybridized carbons (Fsp3) is 0.522. The molecule has 0 spiro atoms. The average Bonchev–Trinajstić information content (AvgIpc) is 3.31. The fourth-order valence-corrected chi connectivity index (χ4v) is 5.53. The van der Waals surface area contributed by atoms with E-state index in [4.69, 9.17) is 16.3 Å². The van der Waals surface area contributed by atoms with Crippen LogP contribution in [0.3, 0.4) is 0 Å². The number of hydrogen-bond acceptors (Lipinski definition) is 7. The van der Waals surface area contributed by atoms with Gasteiger partial charge in [-0.25, -0.2) is 4.79 Å². The number of hydrogen-bond donors (Lipinski definition) is 1. The van der Waals surface area contributed by atoms with Gasteiger partial charge < -0.3 is 14.7 Å². The highest BCUT2D eigenvalue weighted by molar-refractivity contribution is 7.18. The third-order valence-corrected chi connectivity index (χ3v) is 7.01. The van der Waals surface area contributed by atoms with E-state index in [0.717, 1.165) is 21.3 Å². The maximum absolute atomic E-state index is 11.6. The van der Waals surface area contributed by atoms with Crippen molar-refractivity contribution in [3.63, 3.8) is 0 Å². The third kappa shape index (κ3) is 4.48. The van der Waals surface area contributed by atoms with Gasteiger partial charge in [-0.15, -0.1) is 10.2 Å². The lowest BCUT2D eigenvalue weighted by atomic mass is 10.00. The number of halogens is 1. The SMILES string of the molecule is CC(C)Oc1ccc(-c2nnc(N3C(C)C4=C(CCN(C(=O)O)C4)N3C(C)(C)C)s2)cc1Cl. The van der Waals surface area contributed by atoms with Gasteiger partial charge in [-0.05, 0) is 65.3 Å². The second-order valence-electron chi connectivity index (χ2n) is 9.63. The highest BCUT2D eigenvalue weighted by atomic mass is 35.5. The molecule has 1 atom stereocenters. The van der Waals surface area contributed by atoms with Crippen molar-refractivity contribution in [1.82, 2.24) is 20.1 Å². The van der Waals surface area contributed by atoms with Crippen molar-refractivity contribution < 1.29 is 14.6 Å². The van der Waals surface area contributed by atoms with Crippen LogP contribution in [0.25, 0.3) is 10.6 Å². The van der Waals surface area contributed by atoms with Crippen LogP contribution in [0, 0.1) is 0 Å². The number of carboxylic acid groups (broad SMARTS) is 1. The zero-order chi connectivity index (χ0) is 24.1. The Hall–Kier alpha value is -2.52. The lowest BCUT2D eigenvalue weighted by molar-refractivity contribution is 0.140. The Balaban J connectivity index is 1.66. The summed E-state index contributed by atoms with van der Waals surface area (Å²) in [6, 6.07) is 5.63. The lowest BCUT2D eigenvalue weighted by Gasteiger charge is -2.43. The summed E-state index contributed by atoms with van der Waals surface area (Å²) < 4.78 is 5.74. The molecule has 178 valence electrons. The van der Waals surface area contributed by atoms with Crippen LogP contribution in [0.2, 0.25) is 5.02 Å². The average molecular weight is 492 g/mol. The fourth-order valence-electron chi connectivity index (χ4n) is 4.39. The number of ether oxygens (including phenoxy) is 1. The Morgan fingerprint density at radius 2 is 2.03 bits per heavy atom. The van der Waals surface area contributed by atoms with E-state index >= 15 is 0 Å². The zero-order valence-corrected chi connectivity index (χ0v) is 21.4. The molecule has 2 aromatic rings. The minimum atomic E-state index is -0.880. The van der Waals surface area contributed by atoms with Gasteiger partial charge in [0.15, 0.2) is 0 Å². The van der Waals surface area contributed by atoms with Crippen molar-refractivity contribution in [3.05, 3.63) is 34.5 Å². The van der Waals surface area contributed by atoms with Gasteiger partial charge >= 0.3 is 6.09 Å². The van der Waals surface area contributed by atoms with Gasteiger partial charge in [-0.3, -0.25) is 10.0 Å². The third-order valence-electron chi connectivity index (χ3n) is 5.75. The van der Waals surface area contributed by atoms with E-state index in [9.17, 15) is 9.90 Å². The van der Waals surface area contributed by atoms with Crippen molar-refractivity contribution in [2.45, 2.75) is 65.6 Å². The van der Waals surface area contributed by atoms with Crippen LogP contribution in [0.4, 0.5) is 9.93 Å². The normalized spacial score (nSPS) is 18.9. The smallest absolute Gasteiger partial charge is 0.407 e. The number of amides is 1. The highest BCUT2D eigenvalue weighted by Gasteiger charge is 2.45. The van der Waals surface area contributed by atoms with E-state index in [1.807, 2.05) is 32.0 Å². The molecule has 8 nitrogen and oxygen atoms in total. The number of anilines is 1. The van der Waals surface area contributed by atoms with Crippen molar-refractivity contribution in [2.75, 3.05) is 18.1 Å². The van der Waals surface area contributed by atoms with Crippen molar-refractivity contribution in [1.29, 1.82) is 0 Å². The molecule has 2 aliphatic rings. The predicted octanol–water partition coefficient (Wildman–Crippen LogP) is 5.51. The molecular weight excluding hydrogens is 462 g/mol. The molecule has 1 aromatic carbocycles. The maximum Gasteiger partial charge on any atom is 0.407 e. The first kappa shape index (κ1) is 23.6. The van der Waals surface area contributed by atoms with Crippen molar-refractivity contribution >= 4 is 34.2 Å². The van der Waals surface area contributed by atoms with E-state index in [2.05, 4.69) is 47.9 Å². The molecule has 0 bridgehead atoms. The number of benzene rings is 1. The van der Waals surface area contributed by atoms with Crippen molar-refractivity contribution in [2.24, 2.45) is 0 Å². The van der Waals surface area contributed by atoms with E-state index in [0.29, 0.717) is 30.3 Å². The van der Waals surface area contributed by atoms with Gasteiger partial charge in [-0.1, -0.05) is 22.9 Å². The molecular formula is C23H30ClN5O3S. The molecule has 0 radical (unpaired) electrons. The minimum absolute atomic E-state index is 0.0208. The van der Waals surface area contributed by atoms with Gasteiger partial charge in [-0.2, -0.15) is 0 Å². The van der Waals surface area contributed by atoms with Gasteiger partial charge in [0.05, 0.1) is 22.7 Å². The Morgan fingerprint density at radius 1 is 1.30 bits per heavy atom. The Morgan fingerprint density at radius 3 is 2.64 bits per heavy atom. The lowest BCUT2D eigenvalue weighted by Crippen LogP contribution is -2.51. The molecule has 4 rings (SSSR count). The summed E-state index contributed by atoms with van der Waals surface area (Å²) in [5.74, 6) is 0.645. The van der Waals surface area contributed by atoms with Crippen molar-refractivity contribution in [3.8, 4) is 16.3 Å². The molecule has 0 aliphatic carbocycles. The number of nitrogens with zero attached hydrogens (tertiary/aromatic N) is 5. The maximum atomic E-state index is 11.6. The molecule has 2 aliphatic heterocycles. The topological polar surface area (TPSA) is 82.0 Å². The van der Waals surface area contributed by atoms with Crippen LogP contribution in [0.15, 0.2) is 29.5 Å². The first-order valence-corrected chi connectivity index (χ1v) is 12.3. The predicted molar refractivity (Wildman–Crippen MR) is 131 cm³/mol. The largest absolute Gasteiger partial charge is 0.489 e. The first-order chi connectivity index (χ1) is 15.5.